The van der Waals surface area contributed by atoms with Crippen LogP contribution in [0, 0.1) is 0 Å². The number of esters is 1. The summed E-state index contributed by atoms with van der Waals surface area (Å²) in [7, 11) is 0. The summed E-state index contributed by atoms with van der Waals surface area (Å²) in [4.78, 5) is 26.3. The summed E-state index contributed by atoms with van der Waals surface area (Å²) in [5, 5.41) is 15.9. The molecule has 0 bridgehead atoms. The Morgan fingerprint density at radius 1 is 1.21 bits per heavy atom. The minimum absolute atomic E-state index is 0.175. The molecule has 0 radical (unpaired) electrons. The molecule has 2 fully saturated rings. The zero-order valence-electron chi connectivity index (χ0n) is 19.6. The number of carbonyl (C=O) groups is 1. The van der Waals surface area contributed by atoms with E-state index < -0.39 is 5.60 Å². The van der Waals surface area contributed by atoms with E-state index in [1.165, 1.54) is 0 Å². The molecule has 2 N–H and O–H groups in total. The number of ether oxygens (including phenoxy) is 2. The van der Waals surface area contributed by atoms with Gasteiger partial charge >= 0.3 is 5.97 Å². The normalized spacial score (nSPS) is 22.1. The Hall–Kier alpha value is -3.26. The van der Waals surface area contributed by atoms with E-state index in [4.69, 9.17) is 14.5 Å². The van der Waals surface area contributed by atoms with Gasteiger partial charge in [0.15, 0.2) is 0 Å². The fraction of sp³-hybridized carbons (Fsp3) is 0.462. The molecule has 0 aromatic carbocycles. The van der Waals surface area contributed by atoms with Gasteiger partial charge in [-0.25, -0.2) is 19.7 Å². The van der Waals surface area contributed by atoms with Gasteiger partial charge in [-0.05, 0) is 69.5 Å². The molecule has 0 amide bonds. The van der Waals surface area contributed by atoms with Gasteiger partial charge in [0.05, 0.1) is 27.7 Å². The van der Waals surface area contributed by atoms with Crippen LogP contribution in [0.15, 0.2) is 30.6 Å². The first-order valence-corrected chi connectivity index (χ1v) is 12.0. The van der Waals surface area contributed by atoms with Crippen LogP contribution in [-0.4, -0.2) is 38.2 Å². The van der Waals surface area contributed by atoms with Gasteiger partial charge in [-0.2, -0.15) is 0 Å². The summed E-state index contributed by atoms with van der Waals surface area (Å²) >= 11 is 0. The number of cyclic esters (lactones) is 1. The molecule has 176 valence electrons. The van der Waals surface area contributed by atoms with Crippen molar-refractivity contribution < 1.29 is 19.4 Å². The highest BCUT2D eigenvalue weighted by Gasteiger charge is 2.56. The second kappa shape index (κ2) is 7.37. The second-order valence-corrected chi connectivity index (χ2v) is 9.96. The van der Waals surface area contributed by atoms with Crippen LogP contribution in [-0.2, 0) is 15.8 Å². The zero-order valence-corrected chi connectivity index (χ0v) is 19.6. The van der Waals surface area contributed by atoms with Crippen molar-refractivity contribution in [3.05, 3.63) is 47.4 Å². The smallest absolute Gasteiger partial charge is 0.340 e. The van der Waals surface area contributed by atoms with Crippen molar-refractivity contribution in [3.63, 3.8) is 0 Å². The molecule has 2 saturated carbocycles. The number of pyridine rings is 3. The van der Waals surface area contributed by atoms with Crippen molar-refractivity contribution in [2.24, 2.45) is 0 Å². The van der Waals surface area contributed by atoms with E-state index in [1.807, 2.05) is 19.9 Å². The van der Waals surface area contributed by atoms with E-state index >= 15 is 0 Å². The van der Waals surface area contributed by atoms with Crippen LogP contribution in [0.5, 0.6) is 5.88 Å². The van der Waals surface area contributed by atoms with Gasteiger partial charge in [-0.1, -0.05) is 6.92 Å². The van der Waals surface area contributed by atoms with Crippen molar-refractivity contribution in [3.8, 4) is 5.88 Å². The number of fused-ring (bicyclic) bond motifs is 3. The standard InChI is InChI=1S/C26H28N4O4/c1-4-25(3,32)19-13-28-23(34-15-5-6-15)18-12-27-21(11-17(18)19)29-20-8-7-16-22(30-20)26(9-10-26)14(2)33-24(16)31/h7-8,11-15,32H,4-6,9-10H2,1-3H3,(H,27,29,30)/t14-,25?/m0/s1. The summed E-state index contributed by atoms with van der Waals surface area (Å²) in [6.07, 6.45) is 7.99. The SMILES string of the molecule is CCC(C)(O)c1cnc(OC2CC2)c2cnc(Nc3ccc4c(n3)C3(CC3)[C@H](C)OC4=O)cc12. The molecule has 34 heavy (non-hydrogen) atoms. The Balaban J connectivity index is 1.40. The van der Waals surface area contributed by atoms with Crippen molar-refractivity contribution in [2.75, 3.05) is 5.32 Å². The molecule has 0 saturated heterocycles. The first-order valence-electron chi connectivity index (χ1n) is 12.0. The highest BCUT2D eigenvalue weighted by atomic mass is 16.5. The maximum atomic E-state index is 12.4. The lowest BCUT2D eigenvalue weighted by molar-refractivity contribution is 0.0183. The van der Waals surface area contributed by atoms with Crippen LogP contribution in [0.25, 0.3) is 10.8 Å². The lowest BCUT2D eigenvalue weighted by Crippen LogP contribution is -2.36. The van der Waals surface area contributed by atoms with Crippen molar-refractivity contribution >= 4 is 28.4 Å². The maximum absolute atomic E-state index is 12.4. The molecule has 1 aliphatic heterocycles. The monoisotopic (exact) mass is 460 g/mol. The number of carbonyl (C=O) groups excluding carboxylic acids is 1. The number of rotatable bonds is 6. The van der Waals surface area contributed by atoms with Gasteiger partial charge in [0.25, 0.3) is 0 Å². The molecule has 4 heterocycles. The summed E-state index contributed by atoms with van der Waals surface area (Å²) in [5.41, 5.74) is 0.861. The van der Waals surface area contributed by atoms with E-state index in [-0.39, 0.29) is 23.6 Å². The van der Waals surface area contributed by atoms with Crippen molar-refractivity contribution in [1.82, 2.24) is 15.0 Å². The average molecular weight is 461 g/mol. The molecule has 3 aromatic heterocycles. The summed E-state index contributed by atoms with van der Waals surface area (Å²) in [6.45, 7) is 5.67. The molecular formula is C26H28N4O4. The molecule has 8 nitrogen and oxygen atoms in total. The highest BCUT2D eigenvalue weighted by Crippen LogP contribution is 2.54. The van der Waals surface area contributed by atoms with Crippen LogP contribution in [0.1, 0.15) is 74.5 Å². The van der Waals surface area contributed by atoms with E-state index in [0.717, 1.165) is 47.7 Å². The van der Waals surface area contributed by atoms with E-state index in [9.17, 15) is 9.90 Å². The van der Waals surface area contributed by atoms with E-state index in [1.54, 1.807) is 31.5 Å². The molecule has 1 unspecified atom stereocenters. The van der Waals surface area contributed by atoms with E-state index in [0.29, 0.717) is 29.5 Å². The fourth-order valence-electron chi connectivity index (χ4n) is 4.75. The van der Waals surface area contributed by atoms with Crippen LogP contribution >= 0.6 is 0 Å². The molecule has 3 aliphatic rings. The van der Waals surface area contributed by atoms with Crippen LogP contribution in [0.4, 0.5) is 11.6 Å². The lowest BCUT2D eigenvalue weighted by atomic mass is 9.89. The Morgan fingerprint density at radius 2 is 2.00 bits per heavy atom. The first kappa shape index (κ1) is 21.3. The van der Waals surface area contributed by atoms with Crippen LogP contribution in [0.2, 0.25) is 0 Å². The molecule has 2 aliphatic carbocycles. The van der Waals surface area contributed by atoms with Gasteiger partial charge < -0.3 is 19.9 Å². The quantitative estimate of drug-likeness (QED) is 0.517. The van der Waals surface area contributed by atoms with Gasteiger partial charge in [-0.15, -0.1) is 0 Å². The average Bonchev–Trinajstić information content (AvgIpc) is 3.74. The molecule has 6 rings (SSSR count). The molecule has 3 aromatic rings. The van der Waals surface area contributed by atoms with E-state index in [2.05, 4.69) is 15.3 Å². The zero-order chi connectivity index (χ0) is 23.7. The number of nitrogens with zero attached hydrogens (tertiary/aromatic N) is 3. The third-order valence-electron chi connectivity index (χ3n) is 7.50. The largest absolute Gasteiger partial charge is 0.474 e. The van der Waals surface area contributed by atoms with Gasteiger partial charge in [0.1, 0.15) is 23.8 Å². The summed E-state index contributed by atoms with van der Waals surface area (Å²) in [6, 6.07) is 5.45. The number of aromatic nitrogens is 3. The Bertz CT molecular complexity index is 1310. The minimum atomic E-state index is -1.04. The van der Waals surface area contributed by atoms with Crippen LogP contribution in [0.3, 0.4) is 0 Å². The molecular weight excluding hydrogens is 432 g/mol. The molecule has 8 heteroatoms. The predicted octanol–water partition coefficient (Wildman–Crippen LogP) is 4.52. The lowest BCUT2D eigenvalue weighted by Gasteiger charge is -2.30. The van der Waals surface area contributed by atoms with Gasteiger partial charge in [0, 0.05) is 18.0 Å². The second-order valence-electron chi connectivity index (χ2n) is 9.96. The van der Waals surface area contributed by atoms with Crippen LogP contribution < -0.4 is 10.1 Å². The third-order valence-corrected chi connectivity index (χ3v) is 7.50. The Morgan fingerprint density at radius 3 is 2.71 bits per heavy atom. The molecule has 2 atom stereocenters. The van der Waals surface area contributed by atoms with Crippen molar-refractivity contribution in [1.29, 1.82) is 0 Å². The molecule has 1 spiro atoms. The number of aliphatic hydroxyl groups is 1. The first-order chi connectivity index (χ1) is 16.3. The van der Waals surface area contributed by atoms with Gasteiger partial charge in [0.2, 0.25) is 5.88 Å². The van der Waals surface area contributed by atoms with Gasteiger partial charge in [-0.3, -0.25) is 0 Å². The number of nitrogens with one attached hydrogen (secondary N) is 1. The number of anilines is 2. The highest BCUT2D eigenvalue weighted by molar-refractivity contribution is 5.94. The summed E-state index contributed by atoms with van der Waals surface area (Å²) < 4.78 is 11.5. The Labute approximate surface area is 197 Å². The number of hydrogen-bond acceptors (Lipinski definition) is 8. The minimum Gasteiger partial charge on any atom is -0.474 e. The third kappa shape index (κ3) is 3.39. The predicted molar refractivity (Wildman–Crippen MR) is 126 cm³/mol. The summed E-state index contributed by atoms with van der Waals surface area (Å²) in [5.74, 6) is 1.44. The topological polar surface area (TPSA) is 106 Å². The number of hydrogen-bond donors (Lipinski definition) is 2. The van der Waals surface area contributed by atoms with Crippen molar-refractivity contribution in [2.45, 2.75) is 76.1 Å². The fourth-order valence-corrected chi connectivity index (χ4v) is 4.75. The maximum Gasteiger partial charge on any atom is 0.340 e. The Kier molecular flexibility index (Phi) is 4.61.